The van der Waals surface area contributed by atoms with Crippen LogP contribution in [0.15, 0.2) is 30.5 Å². The Labute approximate surface area is 151 Å². The minimum absolute atomic E-state index is 0.000947. The van der Waals surface area contributed by atoms with Gasteiger partial charge in [-0.3, -0.25) is 14.5 Å². The second kappa shape index (κ2) is 6.41. The zero-order valence-electron chi connectivity index (χ0n) is 14.8. The Bertz CT molecular complexity index is 848. The van der Waals surface area contributed by atoms with Crippen LogP contribution in [-0.4, -0.2) is 71.7 Å². The fourth-order valence-electron chi connectivity index (χ4n) is 4.52. The van der Waals surface area contributed by atoms with Gasteiger partial charge in [-0.2, -0.15) is 0 Å². The summed E-state index contributed by atoms with van der Waals surface area (Å²) in [6.45, 7) is 2.59. The second-order valence-corrected chi connectivity index (χ2v) is 7.39. The molecule has 0 spiro atoms. The van der Waals surface area contributed by atoms with E-state index in [-0.39, 0.29) is 25.0 Å². The van der Waals surface area contributed by atoms with Crippen molar-refractivity contribution in [2.75, 3.05) is 39.9 Å². The van der Waals surface area contributed by atoms with Crippen molar-refractivity contribution in [3.05, 3.63) is 36.0 Å². The summed E-state index contributed by atoms with van der Waals surface area (Å²) in [6.07, 6.45) is 1.92. The van der Waals surface area contributed by atoms with Crippen LogP contribution in [0.3, 0.4) is 0 Å². The highest BCUT2D eigenvalue weighted by atomic mass is 16.5. The molecular formula is C19H23N3O4. The molecule has 26 heavy (non-hydrogen) atoms. The minimum Gasteiger partial charge on any atom is -0.481 e. The summed E-state index contributed by atoms with van der Waals surface area (Å²) in [5.41, 5.74) is 1.39. The number of aromatic nitrogens is 1. The zero-order chi connectivity index (χ0) is 18.3. The number of nitrogens with one attached hydrogen (secondary N) is 1. The number of carbonyl (C=O) groups is 2. The molecule has 1 amide bonds. The first-order valence-electron chi connectivity index (χ1n) is 8.81. The van der Waals surface area contributed by atoms with E-state index in [1.165, 1.54) is 12.7 Å². The molecule has 3 heterocycles. The van der Waals surface area contributed by atoms with Gasteiger partial charge < -0.3 is 19.7 Å². The van der Waals surface area contributed by atoms with Gasteiger partial charge in [-0.05, 0) is 17.0 Å². The van der Waals surface area contributed by atoms with E-state index >= 15 is 0 Å². The van der Waals surface area contributed by atoms with E-state index in [0.29, 0.717) is 26.2 Å². The molecule has 0 saturated carbocycles. The maximum atomic E-state index is 12.1. The maximum absolute atomic E-state index is 12.1. The third kappa shape index (κ3) is 2.68. The summed E-state index contributed by atoms with van der Waals surface area (Å²) in [7, 11) is 1.48. The maximum Gasteiger partial charge on any atom is 0.313 e. The highest BCUT2D eigenvalue weighted by Gasteiger charge is 2.58. The molecule has 2 saturated heterocycles. The Morgan fingerprint density at radius 1 is 1.31 bits per heavy atom. The zero-order valence-corrected chi connectivity index (χ0v) is 14.8. The lowest BCUT2D eigenvalue weighted by atomic mass is 9.81. The van der Waals surface area contributed by atoms with Crippen molar-refractivity contribution in [3.63, 3.8) is 0 Å². The van der Waals surface area contributed by atoms with Crippen LogP contribution >= 0.6 is 0 Å². The molecule has 2 aliphatic rings. The van der Waals surface area contributed by atoms with E-state index in [4.69, 9.17) is 4.74 Å². The molecule has 0 bridgehead atoms. The van der Waals surface area contributed by atoms with Crippen molar-refractivity contribution in [1.29, 1.82) is 0 Å². The molecule has 1 aromatic carbocycles. The first-order valence-corrected chi connectivity index (χ1v) is 8.81. The fraction of sp³-hybridized carbons (Fsp3) is 0.474. The van der Waals surface area contributed by atoms with E-state index in [1.807, 2.05) is 18.3 Å². The van der Waals surface area contributed by atoms with Gasteiger partial charge in [-0.1, -0.05) is 18.2 Å². The summed E-state index contributed by atoms with van der Waals surface area (Å²) in [5.74, 6) is -0.996. The van der Waals surface area contributed by atoms with Gasteiger partial charge in [0.2, 0.25) is 5.91 Å². The fourth-order valence-corrected chi connectivity index (χ4v) is 4.52. The molecule has 0 radical (unpaired) electrons. The number of H-pyrrole nitrogens is 1. The molecule has 138 valence electrons. The number of rotatable bonds is 5. The quantitative estimate of drug-likeness (QED) is 0.839. The van der Waals surface area contributed by atoms with Crippen LogP contribution in [0.25, 0.3) is 10.9 Å². The summed E-state index contributed by atoms with van der Waals surface area (Å²) in [6, 6.07) is 8.21. The predicted molar refractivity (Wildman–Crippen MR) is 95.6 cm³/mol. The lowest BCUT2D eigenvalue weighted by Crippen LogP contribution is -2.42. The largest absolute Gasteiger partial charge is 0.481 e. The van der Waals surface area contributed by atoms with Crippen molar-refractivity contribution < 1.29 is 19.4 Å². The van der Waals surface area contributed by atoms with Crippen LogP contribution in [0.5, 0.6) is 0 Å². The van der Waals surface area contributed by atoms with Crippen molar-refractivity contribution in [2.45, 2.75) is 6.54 Å². The molecule has 2 aliphatic heterocycles. The Balaban J connectivity index is 1.52. The van der Waals surface area contributed by atoms with Crippen molar-refractivity contribution in [1.82, 2.24) is 14.8 Å². The number of carboxylic acid groups (broad SMARTS) is 1. The smallest absolute Gasteiger partial charge is 0.313 e. The Morgan fingerprint density at radius 2 is 2.15 bits per heavy atom. The van der Waals surface area contributed by atoms with Crippen LogP contribution in [0.2, 0.25) is 0 Å². The average molecular weight is 357 g/mol. The molecule has 2 fully saturated rings. The molecule has 2 aromatic rings. The van der Waals surface area contributed by atoms with Gasteiger partial charge in [0, 0.05) is 57.5 Å². The van der Waals surface area contributed by atoms with Gasteiger partial charge >= 0.3 is 5.97 Å². The molecule has 2 N–H and O–H groups in total. The molecule has 4 rings (SSSR count). The number of methoxy groups -OCH3 is 1. The molecular weight excluding hydrogens is 334 g/mol. The number of hydrogen-bond donors (Lipinski definition) is 2. The van der Waals surface area contributed by atoms with Gasteiger partial charge in [0.25, 0.3) is 0 Å². The first-order chi connectivity index (χ1) is 12.5. The number of likely N-dealkylation sites (tertiary alicyclic amines) is 2. The average Bonchev–Trinajstić information content (AvgIpc) is 3.27. The van der Waals surface area contributed by atoms with Crippen molar-refractivity contribution >= 4 is 22.8 Å². The van der Waals surface area contributed by atoms with Gasteiger partial charge in [0.05, 0.1) is 0 Å². The minimum atomic E-state index is -0.882. The normalized spacial score (nSPS) is 25.7. The van der Waals surface area contributed by atoms with Crippen LogP contribution in [0.4, 0.5) is 0 Å². The number of amides is 1. The SMILES string of the molecule is COCC(=O)N1C[C@@H]2CN(Cc3cccc4cc[nH]c34)C[C@]2(C(=O)O)C1. The Kier molecular flexibility index (Phi) is 4.20. The molecule has 1 aromatic heterocycles. The number of carboxylic acids is 1. The molecule has 2 atom stereocenters. The summed E-state index contributed by atoms with van der Waals surface area (Å²) in [4.78, 5) is 31.3. The molecule has 0 aliphatic carbocycles. The number of hydrogen-bond acceptors (Lipinski definition) is 4. The van der Waals surface area contributed by atoms with E-state index in [2.05, 4.69) is 22.0 Å². The molecule has 0 unspecified atom stereocenters. The van der Waals surface area contributed by atoms with Crippen LogP contribution in [0, 0.1) is 11.3 Å². The van der Waals surface area contributed by atoms with E-state index in [0.717, 1.165) is 10.9 Å². The summed E-state index contributed by atoms with van der Waals surface area (Å²) >= 11 is 0. The molecule has 7 heteroatoms. The predicted octanol–water partition coefficient (Wildman–Crippen LogP) is 1.16. The number of aliphatic carboxylic acids is 1. The third-order valence-corrected chi connectivity index (χ3v) is 5.79. The standard InChI is InChI=1S/C19H23N3O4/c1-26-10-16(23)22-9-15-8-21(11-19(15,12-22)18(24)25)7-14-4-2-3-13-5-6-20-17(13)14/h2-6,15,20H,7-12H2,1H3,(H,24,25)/t15-,19-/m0/s1. The topological polar surface area (TPSA) is 85.9 Å². The number of carbonyl (C=O) groups excluding carboxylic acids is 1. The lowest BCUT2D eigenvalue weighted by Gasteiger charge is -2.25. The second-order valence-electron chi connectivity index (χ2n) is 7.39. The van der Waals surface area contributed by atoms with Crippen LogP contribution in [-0.2, 0) is 20.9 Å². The number of nitrogens with zero attached hydrogens (tertiary/aromatic N) is 2. The van der Waals surface area contributed by atoms with E-state index in [9.17, 15) is 14.7 Å². The summed E-state index contributed by atoms with van der Waals surface area (Å²) in [5, 5.41) is 11.1. The van der Waals surface area contributed by atoms with Crippen LogP contribution in [0.1, 0.15) is 5.56 Å². The van der Waals surface area contributed by atoms with E-state index in [1.54, 1.807) is 4.90 Å². The third-order valence-electron chi connectivity index (χ3n) is 5.79. The number of fused-ring (bicyclic) bond motifs is 2. The number of aromatic amines is 1. The number of ether oxygens (including phenoxy) is 1. The monoisotopic (exact) mass is 357 g/mol. The first kappa shape index (κ1) is 17.1. The highest BCUT2D eigenvalue weighted by Crippen LogP contribution is 2.43. The van der Waals surface area contributed by atoms with E-state index < -0.39 is 11.4 Å². The van der Waals surface area contributed by atoms with Crippen LogP contribution < -0.4 is 0 Å². The van der Waals surface area contributed by atoms with Gasteiger partial charge in [-0.15, -0.1) is 0 Å². The van der Waals surface area contributed by atoms with Gasteiger partial charge in [-0.25, -0.2) is 0 Å². The lowest BCUT2D eigenvalue weighted by molar-refractivity contribution is -0.149. The molecule has 7 nitrogen and oxygen atoms in total. The Hall–Kier alpha value is -2.38. The summed E-state index contributed by atoms with van der Waals surface area (Å²) < 4.78 is 4.91. The number of para-hydroxylation sites is 1. The Morgan fingerprint density at radius 3 is 2.88 bits per heavy atom. The number of benzene rings is 1. The van der Waals surface area contributed by atoms with Crippen molar-refractivity contribution in [2.24, 2.45) is 11.3 Å². The van der Waals surface area contributed by atoms with Crippen molar-refractivity contribution in [3.8, 4) is 0 Å². The highest BCUT2D eigenvalue weighted by molar-refractivity contribution is 5.83. The van der Waals surface area contributed by atoms with Gasteiger partial charge in [0.1, 0.15) is 12.0 Å². The van der Waals surface area contributed by atoms with Gasteiger partial charge in [0.15, 0.2) is 0 Å².